The zero-order chi connectivity index (χ0) is 23.4. The molecule has 5 rings (SSSR count). The van der Waals surface area contributed by atoms with Gasteiger partial charge in [-0.1, -0.05) is 54.6 Å². The van der Waals surface area contributed by atoms with Gasteiger partial charge in [-0.15, -0.1) is 0 Å². The number of nitrogens with one attached hydrogen (secondary N) is 1. The monoisotopic (exact) mass is 494 g/mol. The van der Waals surface area contributed by atoms with E-state index < -0.39 is 10.0 Å². The van der Waals surface area contributed by atoms with Crippen LogP contribution in [0, 0.1) is 0 Å². The molecule has 34 heavy (non-hydrogen) atoms. The van der Waals surface area contributed by atoms with Crippen molar-refractivity contribution in [3.63, 3.8) is 0 Å². The van der Waals surface area contributed by atoms with Crippen molar-refractivity contribution in [2.75, 3.05) is 19.6 Å². The molecular weight excluding hydrogens is 464 g/mol. The third kappa shape index (κ3) is 5.63. The van der Waals surface area contributed by atoms with Crippen LogP contribution in [-0.4, -0.2) is 48.4 Å². The van der Waals surface area contributed by atoms with Gasteiger partial charge in [0.2, 0.25) is 10.0 Å². The van der Waals surface area contributed by atoms with Crippen LogP contribution in [0.25, 0.3) is 11.7 Å². The van der Waals surface area contributed by atoms with Gasteiger partial charge in [0.1, 0.15) is 5.65 Å². The molecule has 1 N–H and O–H groups in total. The van der Waals surface area contributed by atoms with Gasteiger partial charge in [0.25, 0.3) is 0 Å². The van der Waals surface area contributed by atoms with E-state index in [1.165, 1.54) is 17.4 Å². The predicted octanol–water partition coefficient (Wildman–Crippen LogP) is 4.70. The van der Waals surface area contributed by atoms with Crippen LogP contribution in [0.2, 0.25) is 0 Å². The van der Waals surface area contributed by atoms with E-state index in [9.17, 15) is 8.42 Å². The van der Waals surface area contributed by atoms with Crippen molar-refractivity contribution in [3.8, 4) is 0 Å². The zero-order valence-corrected chi connectivity index (χ0v) is 20.8. The maximum Gasteiger partial charge on any atom is 0.233 e. The number of allylic oxidation sites excluding steroid dienone is 1. The number of piperidine rings is 1. The number of aryl methyl sites for hydroxylation is 1. The van der Waals surface area contributed by atoms with E-state index in [-0.39, 0.29) is 6.04 Å². The van der Waals surface area contributed by atoms with E-state index in [4.69, 9.17) is 0 Å². The third-order valence-electron chi connectivity index (χ3n) is 6.47. The SMILES string of the molecule is O=S(=O)(C=CC1=Cc2cnc3cccc(n23)S1)NCC1CCCCN1CCCc1ccccc1. The molecule has 1 unspecified atom stereocenters. The van der Waals surface area contributed by atoms with Gasteiger partial charge < -0.3 is 0 Å². The van der Waals surface area contributed by atoms with Gasteiger partial charge in [-0.25, -0.2) is 18.1 Å². The van der Waals surface area contributed by atoms with Crippen LogP contribution >= 0.6 is 11.8 Å². The van der Waals surface area contributed by atoms with E-state index >= 15 is 0 Å². The van der Waals surface area contributed by atoms with Gasteiger partial charge in [-0.05, 0) is 68.6 Å². The van der Waals surface area contributed by atoms with Gasteiger partial charge in [0, 0.05) is 22.9 Å². The lowest BCUT2D eigenvalue weighted by Gasteiger charge is -2.35. The fourth-order valence-corrected chi connectivity index (χ4v) is 6.65. The second-order valence-electron chi connectivity index (χ2n) is 8.86. The molecule has 0 bridgehead atoms. The molecule has 4 heterocycles. The molecular formula is C26H30N4O2S2. The minimum Gasteiger partial charge on any atom is -0.299 e. The van der Waals surface area contributed by atoms with Crippen molar-refractivity contribution in [2.24, 2.45) is 0 Å². The number of thioether (sulfide) groups is 1. The van der Waals surface area contributed by atoms with Crippen molar-refractivity contribution in [2.45, 2.75) is 43.2 Å². The number of hydrogen-bond acceptors (Lipinski definition) is 5. The van der Waals surface area contributed by atoms with E-state index in [0.717, 1.165) is 60.0 Å². The van der Waals surface area contributed by atoms with Crippen molar-refractivity contribution in [3.05, 3.63) is 82.4 Å². The predicted molar refractivity (Wildman–Crippen MR) is 139 cm³/mol. The number of nitrogens with zero attached hydrogens (tertiary/aromatic N) is 3. The second kappa shape index (κ2) is 10.5. The quantitative estimate of drug-likeness (QED) is 0.467. The van der Waals surface area contributed by atoms with Crippen LogP contribution in [0.5, 0.6) is 0 Å². The highest BCUT2D eigenvalue weighted by Crippen LogP contribution is 2.35. The molecule has 0 saturated carbocycles. The summed E-state index contributed by atoms with van der Waals surface area (Å²) in [5.74, 6) is 0. The van der Waals surface area contributed by atoms with Crippen molar-refractivity contribution in [1.29, 1.82) is 0 Å². The molecule has 8 heteroatoms. The van der Waals surface area contributed by atoms with Crippen LogP contribution in [0.15, 0.2) is 76.1 Å². The van der Waals surface area contributed by atoms with Crippen molar-refractivity contribution in [1.82, 2.24) is 19.0 Å². The number of pyridine rings is 1. The Morgan fingerprint density at radius 3 is 2.88 bits per heavy atom. The van der Waals surface area contributed by atoms with Crippen molar-refractivity contribution < 1.29 is 8.42 Å². The fraction of sp³-hybridized carbons (Fsp3) is 0.346. The molecule has 0 radical (unpaired) electrons. The lowest BCUT2D eigenvalue weighted by atomic mass is 10.0. The molecule has 0 aliphatic carbocycles. The summed E-state index contributed by atoms with van der Waals surface area (Å²) in [6, 6.07) is 16.8. The number of likely N-dealkylation sites (tertiary alicyclic amines) is 1. The second-order valence-corrected chi connectivity index (χ2v) is 11.6. The highest BCUT2D eigenvalue weighted by atomic mass is 32.2. The Kier molecular flexibility index (Phi) is 7.20. The first-order valence-corrected chi connectivity index (χ1v) is 14.3. The average Bonchev–Trinajstić information content (AvgIpc) is 3.27. The van der Waals surface area contributed by atoms with E-state index in [1.54, 1.807) is 17.8 Å². The number of aromatic nitrogens is 2. The zero-order valence-electron chi connectivity index (χ0n) is 19.1. The Hall–Kier alpha value is -2.39. The van der Waals surface area contributed by atoms with Gasteiger partial charge in [-0.3, -0.25) is 9.30 Å². The lowest BCUT2D eigenvalue weighted by molar-refractivity contribution is 0.148. The maximum absolute atomic E-state index is 12.7. The number of imidazole rings is 1. The average molecular weight is 495 g/mol. The summed E-state index contributed by atoms with van der Waals surface area (Å²) in [4.78, 5) is 7.74. The van der Waals surface area contributed by atoms with Crippen LogP contribution in [-0.2, 0) is 16.4 Å². The summed E-state index contributed by atoms with van der Waals surface area (Å²) >= 11 is 1.55. The maximum atomic E-state index is 12.7. The van der Waals surface area contributed by atoms with Crippen LogP contribution in [0.3, 0.4) is 0 Å². The van der Waals surface area contributed by atoms with Gasteiger partial charge in [-0.2, -0.15) is 0 Å². The molecule has 1 saturated heterocycles. The summed E-state index contributed by atoms with van der Waals surface area (Å²) in [6.07, 6.45) is 11.0. The van der Waals surface area contributed by atoms with Crippen molar-refractivity contribution >= 4 is 33.5 Å². The van der Waals surface area contributed by atoms with Crippen LogP contribution in [0.4, 0.5) is 0 Å². The first-order valence-electron chi connectivity index (χ1n) is 11.9. The summed E-state index contributed by atoms with van der Waals surface area (Å²) in [5.41, 5.74) is 3.22. The molecule has 2 aliphatic rings. The first-order chi connectivity index (χ1) is 16.6. The Morgan fingerprint density at radius 1 is 1.12 bits per heavy atom. The highest BCUT2D eigenvalue weighted by Gasteiger charge is 2.23. The van der Waals surface area contributed by atoms with Crippen LogP contribution in [0.1, 0.15) is 36.9 Å². The molecule has 0 amide bonds. The summed E-state index contributed by atoms with van der Waals surface area (Å²) in [5, 5.41) is 2.33. The minimum atomic E-state index is -3.52. The standard InChI is InChI=1S/C26H30N4O2S2/c31-34(32,17-14-24-18-23-19-27-25-12-6-13-26(33-24)30(23)25)28-20-22-11-4-5-15-29(22)16-7-10-21-8-2-1-3-9-21/h1-3,6,8-9,12-14,17-19,22,28H,4-5,7,10-11,15-16,20H2. The van der Waals surface area contributed by atoms with Gasteiger partial charge in [0.15, 0.2) is 0 Å². The number of sulfonamides is 1. The Labute approximate surface area is 205 Å². The Bertz CT molecular complexity index is 1300. The topological polar surface area (TPSA) is 66.7 Å². The molecule has 3 aromatic rings. The normalized spacial score (nSPS) is 19.1. The smallest absolute Gasteiger partial charge is 0.233 e. The summed E-state index contributed by atoms with van der Waals surface area (Å²) < 4.78 is 30.4. The highest BCUT2D eigenvalue weighted by molar-refractivity contribution is 8.03. The molecule has 2 aromatic heterocycles. The van der Waals surface area contributed by atoms with Crippen LogP contribution < -0.4 is 4.72 Å². The molecule has 2 aliphatic heterocycles. The number of benzene rings is 1. The fourth-order valence-electron chi connectivity index (χ4n) is 4.72. The van der Waals surface area contributed by atoms with E-state index in [2.05, 4.69) is 43.3 Å². The third-order valence-corrected chi connectivity index (χ3v) is 8.55. The number of rotatable bonds is 9. The largest absolute Gasteiger partial charge is 0.299 e. The van der Waals surface area contributed by atoms with Gasteiger partial charge >= 0.3 is 0 Å². The first kappa shape index (κ1) is 23.4. The Balaban J connectivity index is 1.16. The van der Waals surface area contributed by atoms with E-state index in [0.29, 0.717) is 6.54 Å². The lowest BCUT2D eigenvalue weighted by Crippen LogP contribution is -2.46. The molecule has 1 fully saturated rings. The Morgan fingerprint density at radius 2 is 2.00 bits per heavy atom. The summed E-state index contributed by atoms with van der Waals surface area (Å²) in [6.45, 7) is 2.50. The molecule has 178 valence electrons. The minimum absolute atomic E-state index is 0.253. The summed E-state index contributed by atoms with van der Waals surface area (Å²) in [7, 11) is -3.52. The van der Waals surface area contributed by atoms with E-state index in [1.807, 2.05) is 36.5 Å². The molecule has 1 aromatic carbocycles. The molecule has 1 atom stereocenters. The van der Waals surface area contributed by atoms with Gasteiger partial charge in [0.05, 0.1) is 16.9 Å². The molecule has 6 nitrogen and oxygen atoms in total. The number of hydrogen-bond donors (Lipinski definition) is 1. The molecule has 0 spiro atoms.